The van der Waals surface area contributed by atoms with Gasteiger partial charge in [-0.2, -0.15) is 18.3 Å². The molecule has 3 rings (SSSR count). The second-order valence-electron chi connectivity index (χ2n) is 5.08. The topological polar surface area (TPSA) is 30.2 Å². The molecule has 0 spiro atoms. The predicted octanol–water partition coefficient (Wildman–Crippen LogP) is 3.57. The van der Waals surface area contributed by atoms with Crippen molar-refractivity contribution in [2.24, 2.45) is 5.92 Å². The number of rotatable bonds is 1. The summed E-state index contributed by atoms with van der Waals surface area (Å²) in [5, 5.41) is 4.29. The van der Waals surface area contributed by atoms with Crippen LogP contribution in [0.25, 0.3) is 5.65 Å². The van der Waals surface area contributed by atoms with Crippen LogP contribution >= 0.6 is 0 Å². The van der Waals surface area contributed by atoms with E-state index < -0.39 is 12.1 Å². The van der Waals surface area contributed by atoms with Crippen LogP contribution in [0.5, 0.6) is 0 Å². The summed E-state index contributed by atoms with van der Waals surface area (Å²) in [6.07, 6.45) is -0.671. The minimum atomic E-state index is -4.10. The Hall–Kier alpha value is -1.59. The van der Waals surface area contributed by atoms with Gasteiger partial charge in [0, 0.05) is 12.1 Å². The van der Waals surface area contributed by atoms with Gasteiger partial charge in [0.2, 0.25) is 0 Å². The van der Waals surface area contributed by atoms with Crippen molar-refractivity contribution in [3.05, 3.63) is 30.2 Å². The Balaban J connectivity index is 1.85. The highest BCUT2D eigenvalue weighted by Crippen LogP contribution is 2.42. The summed E-state index contributed by atoms with van der Waals surface area (Å²) in [5.74, 6) is -0.849. The molecule has 1 saturated carbocycles. The summed E-state index contributed by atoms with van der Waals surface area (Å²) in [4.78, 5) is 4.34. The van der Waals surface area contributed by atoms with Crippen molar-refractivity contribution in [2.75, 3.05) is 0 Å². The number of aromatic nitrogens is 3. The Bertz CT molecular complexity index is 543. The minimum Gasteiger partial charge on any atom is -0.221 e. The second kappa shape index (κ2) is 4.51. The summed E-state index contributed by atoms with van der Waals surface area (Å²) in [6, 6.07) is 5.47. The van der Waals surface area contributed by atoms with E-state index in [9.17, 15) is 13.2 Å². The van der Waals surface area contributed by atoms with E-state index in [1.807, 2.05) is 12.1 Å². The van der Waals surface area contributed by atoms with E-state index in [1.165, 1.54) is 0 Å². The molecule has 0 amide bonds. The van der Waals surface area contributed by atoms with Crippen molar-refractivity contribution in [1.82, 2.24) is 14.6 Å². The molecule has 0 aromatic carbocycles. The van der Waals surface area contributed by atoms with Crippen LogP contribution in [-0.2, 0) is 0 Å². The quantitative estimate of drug-likeness (QED) is 0.792. The van der Waals surface area contributed by atoms with Crippen LogP contribution in [0, 0.1) is 5.92 Å². The molecule has 19 heavy (non-hydrogen) atoms. The van der Waals surface area contributed by atoms with E-state index in [4.69, 9.17) is 0 Å². The predicted molar refractivity (Wildman–Crippen MR) is 63.7 cm³/mol. The molecule has 2 atom stereocenters. The van der Waals surface area contributed by atoms with Crippen LogP contribution in [-0.4, -0.2) is 20.8 Å². The fraction of sp³-hybridized carbons (Fsp3) is 0.538. The number of alkyl halides is 3. The van der Waals surface area contributed by atoms with Crippen LogP contribution in [0.2, 0.25) is 0 Å². The zero-order valence-corrected chi connectivity index (χ0v) is 10.3. The number of pyridine rings is 1. The fourth-order valence-corrected chi connectivity index (χ4v) is 2.74. The zero-order valence-electron chi connectivity index (χ0n) is 10.3. The summed E-state index contributed by atoms with van der Waals surface area (Å²) < 4.78 is 40.0. The molecule has 2 aromatic rings. The smallest absolute Gasteiger partial charge is 0.221 e. The van der Waals surface area contributed by atoms with Crippen molar-refractivity contribution in [3.63, 3.8) is 0 Å². The molecule has 0 radical (unpaired) electrons. The van der Waals surface area contributed by atoms with Crippen LogP contribution in [0.4, 0.5) is 13.2 Å². The monoisotopic (exact) mass is 269 g/mol. The molecular formula is C13H14F3N3. The lowest BCUT2D eigenvalue weighted by Gasteiger charge is -2.28. The maximum absolute atomic E-state index is 12.8. The Morgan fingerprint density at radius 2 is 2.05 bits per heavy atom. The lowest BCUT2D eigenvalue weighted by atomic mass is 9.80. The Labute approximate surface area is 108 Å². The van der Waals surface area contributed by atoms with Crippen LogP contribution in [0.1, 0.15) is 37.4 Å². The lowest BCUT2D eigenvalue weighted by molar-refractivity contribution is -0.183. The first-order valence-corrected chi connectivity index (χ1v) is 6.42. The van der Waals surface area contributed by atoms with Gasteiger partial charge in [-0.25, -0.2) is 9.50 Å². The summed E-state index contributed by atoms with van der Waals surface area (Å²) >= 11 is 0. The first-order chi connectivity index (χ1) is 9.04. The largest absolute Gasteiger partial charge is 0.391 e. The van der Waals surface area contributed by atoms with Gasteiger partial charge in [-0.05, 0) is 31.4 Å². The van der Waals surface area contributed by atoms with Gasteiger partial charge in [0.1, 0.15) is 0 Å². The van der Waals surface area contributed by atoms with Crippen molar-refractivity contribution in [1.29, 1.82) is 0 Å². The van der Waals surface area contributed by atoms with E-state index in [-0.39, 0.29) is 18.8 Å². The van der Waals surface area contributed by atoms with Gasteiger partial charge in [-0.3, -0.25) is 0 Å². The number of fused-ring (bicyclic) bond motifs is 1. The minimum absolute atomic E-state index is 0.111. The molecule has 1 fully saturated rings. The molecule has 1 aliphatic rings. The van der Waals surface area contributed by atoms with Gasteiger partial charge in [0.15, 0.2) is 11.5 Å². The van der Waals surface area contributed by atoms with Gasteiger partial charge in [0.05, 0.1) is 5.92 Å². The zero-order chi connectivity index (χ0) is 13.5. The Morgan fingerprint density at radius 1 is 1.21 bits per heavy atom. The summed E-state index contributed by atoms with van der Waals surface area (Å²) in [7, 11) is 0. The normalized spacial score (nSPS) is 24.8. The van der Waals surface area contributed by atoms with E-state index in [0.29, 0.717) is 17.9 Å². The van der Waals surface area contributed by atoms with Crippen LogP contribution in [0.3, 0.4) is 0 Å². The molecule has 0 aliphatic heterocycles. The van der Waals surface area contributed by atoms with Gasteiger partial charge in [-0.15, -0.1) is 0 Å². The number of hydrogen-bond donors (Lipinski definition) is 0. The molecule has 3 nitrogen and oxygen atoms in total. The highest BCUT2D eigenvalue weighted by atomic mass is 19.4. The first-order valence-electron chi connectivity index (χ1n) is 6.42. The van der Waals surface area contributed by atoms with Crippen molar-refractivity contribution in [2.45, 2.75) is 37.8 Å². The van der Waals surface area contributed by atoms with E-state index in [2.05, 4.69) is 10.1 Å². The molecule has 1 aliphatic carbocycles. The molecule has 2 aromatic heterocycles. The van der Waals surface area contributed by atoms with Crippen LogP contribution in [0.15, 0.2) is 24.4 Å². The third-order valence-electron chi connectivity index (χ3n) is 3.76. The molecule has 2 heterocycles. The lowest BCUT2D eigenvalue weighted by Crippen LogP contribution is -2.28. The molecule has 6 heteroatoms. The highest BCUT2D eigenvalue weighted by Gasteiger charge is 2.43. The van der Waals surface area contributed by atoms with Gasteiger partial charge in [0.25, 0.3) is 0 Å². The van der Waals surface area contributed by atoms with Crippen molar-refractivity contribution < 1.29 is 13.2 Å². The molecule has 0 saturated heterocycles. The van der Waals surface area contributed by atoms with Gasteiger partial charge < -0.3 is 0 Å². The second-order valence-corrected chi connectivity index (χ2v) is 5.08. The number of halogens is 3. The molecule has 0 bridgehead atoms. The average Bonchev–Trinajstić information content (AvgIpc) is 2.81. The molecule has 2 unspecified atom stereocenters. The number of hydrogen-bond acceptors (Lipinski definition) is 2. The maximum atomic E-state index is 12.8. The van der Waals surface area contributed by atoms with Crippen LogP contribution < -0.4 is 0 Å². The molecular weight excluding hydrogens is 255 g/mol. The molecule has 102 valence electrons. The SMILES string of the molecule is FC(F)(F)C1CCCC(c2nc3ccccn3n2)C1. The number of nitrogens with zero attached hydrogens (tertiary/aromatic N) is 3. The van der Waals surface area contributed by atoms with E-state index >= 15 is 0 Å². The third-order valence-corrected chi connectivity index (χ3v) is 3.76. The summed E-state index contributed by atoms with van der Waals surface area (Å²) in [6.45, 7) is 0. The van der Waals surface area contributed by atoms with Gasteiger partial charge >= 0.3 is 6.18 Å². The van der Waals surface area contributed by atoms with E-state index in [1.54, 1.807) is 16.8 Å². The highest BCUT2D eigenvalue weighted by molar-refractivity contribution is 5.36. The standard InChI is InChI=1S/C13H14F3N3/c14-13(15,16)10-5-3-4-9(8-10)12-17-11-6-1-2-7-19(11)18-12/h1-2,6-7,9-10H,3-5,8H2. The van der Waals surface area contributed by atoms with Crippen molar-refractivity contribution >= 4 is 5.65 Å². The maximum Gasteiger partial charge on any atom is 0.391 e. The fourth-order valence-electron chi connectivity index (χ4n) is 2.74. The summed E-state index contributed by atoms with van der Waals surface area (Å²) in [5.41, 5.74) is 0.687. The molecule has 0 N–H and O–H groups in total. The average molecular weight is 269 g/mol. The van der Waals surface area contributed by atoms with Crippen molar-refractivity contribution in [3.8, 4) is 0 Å². The first kappa shape index (κ1) is 12.4. The Morgan fingerprint density at radius 3 is 2.79 bits per heavy atom. The van der Waals surface area contributed by atoms with Gasteiger partial charge in [-0.1, -0.05) is 12.5 Å². The van der Waals surface area contributed by atoms with E-state index in [0.717, 1.165) is 6.42 Å². The third kappa shape index (κ3) is 2.43. The Kier molecular flexibility index (Phi) is 2.95.